The average molecular weight is 337 g/mol. The van der Waals surface area contributed by atoms with Gasteiger partial charge in [-0.15, -0.1) is 0 Å². The van der Waals surface area contributed by atoms with Crippen LogP contribution in [0.15, 0.2) is 59.4 Å². The van der Waals surface area contributed by atoms with Crippen molar-refractivity contribution in [1.29, 1.82) is 0 Å². The fourth-order valence-electron chi connectivity index (χ4n) is 2.60. The van der Waals surface area contributed by atoms with Crippen molar-refractivity contribution < 1.29 is 4.39 Å². The van der Waals surface area contributed by atoms with Gasteiger partial charge >= 0.3 is 0 Å². The highest BCUT2D eigenvalue weighted by molar-refractivity contribution is 5.33. The normalized spacial score (nSPS) is 10.6. The summed E-state index contributed by atoms with van der Waals surface area (Å²) in [5.74, 6) is 0.218. The van der Waals surface area contributed by atoms with Gasteiger partial charge in [-0.25, -0.2) is 9.37 Å². The molecule has 4 nitrogen and oxygen atoms in total. The minimum Gasteiger partial charge on any atom is -0.355 e. The van der Waals surface area contributed by atoms with Crippen molar-refractivity contribution >= 4 is 5.95 Å². The van der Waals surface area contributed by atoms with Crippen LogP contribution in [0.3, 0.4) is 0 Å². The Hall–Kier alpha value is -2.95. The molecule has 1 heterocycles. The predicted molar refractivity (Wildman–Crippen MR) is 97.4 cm³/mol. The highest BCUT2D eigenvalue weighted by Gasteiger charge is 2.08. The average Bonchev–Trinajstić information content (AvgIpc) is 2.62. The van der Waals surface area contributed by atoms with Crippen LogP contribution in [0.2, 0.25) is 0 Å². The van der Waals surface area contributed by atoms with Crippen molar-refractivity contribution in [3.63, 3.8) is 0 Å². The standard InChI is InChI=1S/C20H20FN3O/c1-14-18(13-16-5-3-2-4-6-16)23-20(24-19(14)25)22-12-11-15-7-9-17(21)10-8-15/h2-10H,11-13H2,1H3,(H2,22,23,24,25). The van der Waals surface area contributed by atoms with E-state index in [0.29, 0.717) is 30.9 Å². The number of nitrogens with one attached hydrogen (secondary N) is 2. The summed E-state index contributed by atoms with van der Waals surface area (Å²) in [6.07, 6.45) is 1.33. The number of aromatic nitrogens is 2. The van der Waals surface area contributed by atoms with Gasteiger partial charge in [0, 0.05) is 18.5 Å². The predicted octanol–water partition coefficient (Wildman–Crippen LogP) is 3.46. The molecule has 0 saturated heterocycles. The van der Waals surface area contributed by atoms with Crippen LogP contribution in [0, 0.1) is 12.7 Å². The van der Waals surface area contributed by atoms with E-state index in [1.54, 1.807) is 19.1 Å². The lowest BCUT2D eigenvalue weighted by Crippen LogP contribution is -2.19. The monoisotopic (exact) mass is 337 g/mol. The van der Waals surface area contributed by atoms with E-state index in [0.717, 1.165) is 16.8 Å². The summed E-state index contributed by atoms with van der Waals surface area (Å²) in [6, 6.07) is 16.3. The number of hydrogen-bond acceptors (Lipinski definition) is 3. The van der Waals surface area contributed by atoms with Gasteiger partial charge in [0.15, 0.2) is 0 Å². The molecule has 5 heteroatoms. The molecule has 128 valence electrons. The largest absolute Gasteiger partial charge is 0.355 e. The van der Waals surface area contributed by atoms with Crippen LogP contribution in [0.1, 0.15) is 22.4 Å². The third-order valence-corrected chi connectivity index (χ3v) is 4.09. The minimum atomic E-state index is -0.244. The first-order chi connectivity index (χ1) is 12.1. The number of aromatic amines is 1. The second kappa shape index (κ2) is 7.75. The van der Waals surface area contributed by atoms with Crippen LogP contribution < -0.4 is 10.9 Å². The number of hydrogen-bond donors (Lipinski definition) is 2. The maximum Gasteiger partial charge on any atom is 0.255 e. The topological polar surface area (TPSA) is 57.8 Å². The Bertz CT molecular complexity index is 889. The van der Waals surface area contributed by atoms with E-state index in [1.807, 2.05) is 30.3 Å². The van der Waals surface area contributed by atoms with Crippen LogP contribution in [0.5, 0.6) is 0 Å². The molecule has 1 aromatic heterocycles. The van der Waals surface area contributed by atoms with Gasteiger partial charge in [0.05, 0.1) is 5.69 Å². The van der Waals surface area contributed by atoms with Crippen molar-refractivity contribution in [2.24, 2.45) is 0 Å². The molecule has 0 radical (unpaired) electrons. The maximum absolute atomic E-state index is 12.9. The molecular formula is C20H20FN3O. The van der Waals surface area contributed by atoms with Gasteiger partial charge in [0.25, 0.3) is 5.56 Å². The van der Waals surface area contributed by atoms with E-state index < -0.39 is 0 Å². The molecule has 0 amide bonds. The van der Waals surface area contributed by atoms with Crippen LogP contribution in [0.25, 0.3) is 0 Å². The molecule has 3 rings (SSSR count). The van der Waals surface area contributed by atoms with Gasteiger partial charge in [0.2, 0.25) is 5.95 Å². The van der Waals surface area contributed by atoms with Crippen LogP contribution in [0.4, 0.5) is 10.3 Å². The summed E-state index contributed by atoms with van der Waals surface area (Å²) in [5, 5.41) is 3.14. The van der Waals surface area contributed by atoms with E-state index >= 15 is 0 Å². The fraction of sp³-hybridized carbons (Fsp3) is 0.200. The van der Waals surface area contributed by atoms with Gasteiger partial charge in [-0.05, 0) is 36.6 Å². The maximum atomic E-state index is 12.9. The molecule has 2 aromatic carbocycles. The zero-order valence-corrected chi connectivity index (χ0v) is 14.1. The molecule has 0 spiro atoms. The molecular weight excluding hydrogens is 317 g/mol. The van der Waals surface area contributed by atoms with E-state index in [-0.39, 0.29) is 11.4 Å². The van der Waals surface area contributed by atoms with E-state index in [2.05, 4.69) is 15.3 Å². The number of rotatable bonds is 6. The van der Waals surface area contributed by atoms with Gasteiger partial charge < -0.3 is 5.32 Å². The molecule has 0 atom stereocenters. The third kappa shape index (κ3) is 4.53. The van der Waals surface area contributed by atoms with Gasteiger partial charge in [-0.3, -0.25) is 9.78 Å². The highest BCUT2D eigenvalue weighted by atomic mass is 19.1. The minimum absolute atomic E-state index is 0.134. The summed E-state index contributed by atoms with van der Waals surface area (Å²) >= 11 is 0. The van der Waals surface area contributed by atoms with Gasteiger partial charge in [-0.2, -0.15) is 0 Å². The van der Waals surface area contributed by atoms with Crippen molar-refractivity contribution in [2.45, 2.75) is 19.8 Å². The van der Waals surface area contributed by atoms with Crippen molar-refractivity contribution in [3.8, 4) is 0 Å². The summed E-state index contributed by atoms with van der Waals surface area (Å²) in [5.41, 5.74) is 3.39. The lowest BCUT2D eigenvalue weighted by molar-refractivity contribution is 0.627. The smallest absolute Gasteiger partial charge is 0.255 e. The SMILES string of the molecule is Cc1c(Cc2ccccc2)nc(NCCc2ccc(F)cc2)[nH]c1=O. The molecule has 0 bridgehead atoms. The molecule has 0 aliphatic carbocycles. The van der Waals surface area contributed by atoms with E-state index in [4.69, 9.17) is 0 Å². The molecule has 3 aromatic rings. The highest BCUT2D eigenvalue weighted by Crippen LogP contribution is 2.11. The molecule has 25 heavy (non-hydrogen) atoms. The van der Waals surface area contributed by atoms with Crippen molar-refractivity contribution in [3.05, 3.63) is 93.2 Å². The Morgan fingerprint density at radius 1 is 1.04 bits per heavy atom. The van der Waals surface area contributed by atoms with E-state index in [1.165, 1.54) is 12.1 Å². The number of nitrogens with zero attached hydrogens (tertiary/aromatic N) is 1. The number of benzene rings is 2. The summed E-state index contributed by atoms with van der Waals surface area (Å²) < 4.78 is 12.9. The lowest BCUT2D eigenvalue weighted by Gasteiger charge is -2.10. The second-order valence-electron chi connectivity index (χ2n) is 5.95. The number of halogens is 1. The summed E-state index contributed by atoms with van der Waals surface area (Å²) in [6.45, 7) is 2.38. The first-order valence-corrected chi connectivity index (χ1v) is 8.24. The summed E-state index contributed by atoms with van der Waals surface area (Å²) in [4.78, 5) is 19.5. The molecule has 2 N–H and O–H groups in total. The second-order valence-corrected chi connectivity index (χ2v) is 5.95. The molecule has 0 unspecified atom stereocenters. The Labute approximate surface area is 145 Å². The Morgan fingerprint density at radius 2 is 1.76 bits per heavy atom. The first-order valence-electron chi connectivity index (χ1n) is 8.24. The molecule has 0 aliphatic heterocycles. The lowest BCUT2D eigenvalue weighted by atomic mass is 10.1. The first kappa shape index (κ1) is 16.9. The quantitative estimate of drug-likeness (QED) is 0.724. The Kier molecular flexibility index (Phi) is 5.23. The molecule has 0 fully saturated rings. The van der Waals surface area contributed by atoms with Gasteiger partial charge in [-0.1, -0.05) is 42.5 Å². The van der Waals surface area contributed by atoms with Crippen LogP contribution >= 0.6 is 0 Å². The van der Waals surface area contributed by atoms with Crippen molar-refractivity contribution in [2.75, 3.05) is 11.9 Å². The van der Waals surface area contributed by atoms with Crippen LogP contribution in [-0.2, 0) is 12.8 Å². The zero-order valence-electron chi connectivity index (χ0n) is 14.1. The Balaban J connectivity index is 1.69. The number of anilines is 1. The number of H-pyrrole nitrogens is 1. The zero-order chi connectivity index (χ0) is 17.6. The third-order valence-electron chi connectivity index (χ3n) is 4.09. The fourth-order valence-corrected chi connectivity index (χ4v) is 2.60. The molecule has 0 aliphatic rings. The summed E-state index contributed by atoms with van der Waals surface area (Å²) in [7, 11) is 0. The van der Waals surface area contributed by atoms with Crippen molar-refractivity contribution in [1.82, 2.24) is 9.97 Å². The van der Waals surface area contributed by atoms with E-state index in [9.17, 15) is 9.18 Å². The molecule has 0 saturated carbocycles. The Morgan fingerprint density at radius 3 is 2.48 bits per heavy atom. The van der Waals surface area contributed by atoms with Gasteiger partial charge in [0.1, 0.15) is 5.82 Å². The van der Waals surface area contributed by atoms with Crippen LogP contribution in [-0.4, -0.2) is 16.5 Å².